The summed E-state index contributed by atoms with van der Waals surface area (Å²) in [6.45, 7) is 0. The Labute approximate surface area is 185 Å². The zero-order chi connectivity index (χ0) is 20.8. The number of carbonyl (C=O) groups is 1. The second-order valence-corrected chi connectivity index (χ2v) is 9.60. The summed E-state index contributed by atoms with van der Waals surface area (Å²) in [5, 5.41) is 12.3. The van der Waals surface area contributed by atoms with Crippen molar-refractivity contribution < 1.29 is 9.53 Å². The molecule has 1 aromatic heterocycles. The minimum Gasteiger partial charge on any atom is -0.497 e. The Morgan fingerprint density at radius 1 is 1.07 bits per heavy atom. The molecule has 5 nitrogen and oxygen atoms in total. The molecular weight excluding hydrogens is 414 g/mol. The third-order valence-corrected chi connectivity index (χ3v) is 7.36. The first-order valence-electron chi connectivity index (χ1n) is 10.2. The van der Waals surface area contributed by atoms with Gasteiger partial charge in [-0.05, 0) is 48.6 Å². The molecule has 0 radical (unpaired) electrons. The molecule has 30 heavy (non-hydrogen) atoms. The predicted molar refractivity (Wildman–Crippen MR) is 124 cm³/mol. The topological polar surface area (TPSA) is 64.1 Å². The number of nitrogens with zero attached hydrogens (tertiary/aromatic N) is 2. The van der Waals surface area contributed by atoms with Crippen LogP contribution in [0.4, 0.5) is 10.8 Å². The van der Waals surface area contributed by atoms with Crippen LogP contribution in [0, 0.1) is 0 Å². The summed E-state index contributed by atoms with van der Waals surface area (Å²) in [5.41, 5.74) is 3.05. The van der Waals surface area contributed by atoms with Crippen molar-refractivity contribution in [2.45, 2.75) is 42.4 Å². The highest BCUT2D eigenvalue weighted by Crippen LogP contribution is 2.33. The molecule has 1 aliphatic rings. The van der Waals surface area contributed by atoms with Crippen molar-refractivity contribution in [3.8, 4) is 5.75 Å². The number of benzene rings is 2. The summed E-state index contributed by atoms with van der Waals surface area (Å²) in [5.74, 6) is 1.95. The lowest BCUT2D eigenvalue weighted by atomic mass is 9.84. The van der Waals surface area contributed by atoms with E-state index in [0.717, 1.165) is 21.3 Å². The fourth-order valence-corrected chi connectivity index (χ4v) is 5.37. The van der Waals surface area contributed by atoms with Gasteiger partial charge in [0, 0.05) is 11.3 Å². The maximum Gasteiger partial charge on any atom is 0.210 e. The van der Waals surface area contributed by atoms with Crippen molar-refractivity contribution in [1.29, 1.82) is 0 Å². The van der Waals surface area contributed by atoms with E-state index in [0.29, 0.717) is 16.8 Å². The summed E-state index contributed by atoms with van der Waals surface area (Å²) in [7, 11) is 1.64. The number of methoxy groups -OCH3 is 1. The molecule has 0 spiro atoms. The predicted octanol–water partition coefficient (Wildman–Crippen LogP) is 6.31. The molecule has 3 aromatic rings. The van der Waals surface area contributed by atoms with Gasteiger partial charge in [-0.3, -0.25) is 4.79 Å². The molecule has 2 aromatic carbocycles. The zero-order valence-electron chi connectivity index (χ0n) is 17.0. The van der Waals surface area contributed by atoms with Gasteiger partial charge in [0.05, 0.1) is 12.9 Å². The summed E-state index contributed by atoms with van der Waals surface area (Å²) in [6.07, 6.45) is 6.53. The van der Waals surface area contributed by atoms with Gasteiger partial charge >= 0.3 is 0 Å². The van der Waals surface area contributed by atoms with Gasteiger partial charge in [0.25, 0.3) is 0 Å². The average Bonchev–Trinajstić information content (AvgIpc) is 3.26. The van der Waals surface area contributed by atoms with Gasteiger partial charge in [0.15, 0.2) is 10.1 Å². The van der Waals surface area contributed by atoms with Gasteiger partial charge < -0.3 is 10.1 Å². The van der Waals surface area contributed by atoms with Gasteiger partial charge in [-0.1, -0.05) is 66.6 Å². The Morgan fingerprint density at radius 3 is 2.50 bits per heavy atom. The number of hydrogen-bond acceptors (Lipinski definition) is 7. The van der Waals surface area contributed by atoms with Crippen LogP contribution in [-0.2, 0) is 0 Å². The number of anilines is 2. The SMILES string of the molecule is COc1ccc(Nc2nnc(SCC(=O)c3ccc(C4CCCCC4)cc3)s2)cc1. The first-order chi connectivity index (χ1) is 14.7. The number of Topliss-reactive ketones (excluding diaryl/α,β-unsaturated/α-hetero) is 1. The summed E-state index contributed by atoms with van der Waals surface area (Å²) in [6, 6.07) is 15.8. The third kappa shape index (κ3) is 5.40. The van der Waals surface area contributed by atoms with E-state index >= 15 is 0 Å². The molecule has 4 rings (SSSR count). The first kappa shape index (κ1) is 20.9. The maximum atomic E-state index is 12.6. The molecule has 1 fully saturated rings. The molecule has 7 heteroatoms. The van der Waals surface area contributed by atoms with Crippen LogP contribution in [0.3, 0.4) is 0 Å². The highest BCUT2D eigenvalue weighted by Gasteiger charge is 2.16. The van der Waals surface area contributed by atoms with Crippen molar-refractivity contribution in [2.75, 3.05) is 18.2 Å². The standard InChI is InChI=1S/C23H25N3O2S2/c1-28-20-13-11-19(12-14-20)24-22-25-26-23(30-22)29-15-21(27)18-9-7-17(8-10-18)16-5-3-2-4-6-16/h7-14,16H,2-6,15H2,1H3,(H,24,25). The third-order valence-electron chi connectivity index (χ3n) is 5.38. The monoisotopic (exact) mass is 439 g/mol. The quantitative estimate of drug-likeness (QED) is 0.328. The minimum atomic E-state index is 0.120. The van der Waals surface area contributed by atoms with Crippen molar-refractivity contribution >= 4 is 39.7 Å². The molecule has 0 saturated heterocycles. The summed E-state index contributed by atoms with van der Waals surface area (Å²) < 4.78 is 5.94. The number of ketones is 1. The molecule has 156 valence electrons. The Balaban J connectivity index is 1.29. The van der Waals surface area contributed by atoms with E-state index in [2.05, 4.69) is 27.6 Å². The van der Waals surface area contributed by atoms with Gasteiger partial charge in [0.1, 0.15) is 5.75 Å². The van der Waals surface area contributed by atoms with Crippen LogP contribution in [0.15, 0.2) is 52.9 Å². The van der Waals surface area contributed by atoms with E-state index in [9.17, 15) is 4.79 Å². The van der Waals surface area contributed by atoms with E-state index in [1.807, 2.05) is 36.4 Å². The fourth-order valence-electron chi connectivity index (χ4n) is 3.70. The van der Waals surface area contributed by atoms with E-state index in [1.165, 1.54) is 60.8 Å². The van der Waals surface area contributed by atoms with E-state index in [-0.39, 0.29) is 5.78 Å². The number of carbonyl (C=O) groups excluding carboxylic acids is 1. The van der Waals surface area contributed by atoms with Crippen LogP contribution in [0.2, 0.25) is 0 Å². The Hall–Kier alpha value is -2.38. The molecule has 0 atom stereocenters. The van der Waals surface area contributed by atoms with Crippen molar-refractivity contribution in [3.05, 3.63) is 59.7 Å². The second kappa shape index (κ2) is 10.1. The highest BCUT2D eigenvalue weighted by atomic mass is 32.2. The van der Waals surface area contributed by atoms with E-state index in [1.54, 1.807) is 7.11 Å². The number of nitrogens with one attached hydrogen (secondary N) is 1. The fraction of sp³-hybridized carbons (Fsp3) is 0.348. The van der Waals surface area contributed by atoms with E-state index in [4.69, 9.17) is 4.74 Å². The lowest BCUT2D eigenvalue weighted by Gasteiger charge is -2.22. The van der Waals surface area contributed by atoms with Crippen LogP contribution in [0.1, 0.15) is 53.9 Å². The minimum absolute atomic E-state index is 0.120. The van der Waals surface area contributed by atoms with Gasteiger partial charge in [-0.2, -0.15) is 0 Å². The Kier molecular flexibility index (Phi) is 7.02. The van der Waals surface area contributed by atoms with Crippen LogP contribution in [0.5, 0.6) is 5.75 Å². The number of hydrogen-bond donors (Lipinski definition) is 1. The van der Waals surface area contributed by atoms with Gasteiger partial charge in [-0.25, -0.2) is 0 Å². The molecule has 1 heterocycles. The average molecular weight is 440 g/mol. The van der Waals surface area contributed by atoms with Crippen molar-refractivity contribution in [2.24, 2.45) is 0 Å². The van der Waals surface area contributed by atoms with Crippen LogP contribution in [0.25, 0.3) is 0 Å². The lowest BCUT2D eigenvalue weighted by Crippen LogP contribution is -2.06. The molecule has 1 N–H and O–H groups in total. The molecule has 0 bridgehead atoms. The van der Waals surface area contributed by atoms with Crippen LogP contribution >= 0.6 is 23.1 Å². The zero-order valence-corrected chi connectivity index (χ0v) is 18.6. The summed E-state index contributed by atoms with van der Waals surface area (Å²) >= 11 is 2.87. The maximum absolute atomic E-state index is 12.6. The van der Waals surface area contributed by atoms with Gasteiger partial charge in [-0.15, -0.1) is 10.2 Å². The number of rotatable bonds is 8. The second-order valence-electron chi connectivity index (χ2n) is 7.40. The molecule has 0 amide bonds. The van der Waals surface area contributed by atoms with Crippen molar-refractivity contribution in [1.82, 2.24) is 10.2 Å². The largest absolute Gasteiger partial charge is 0.497 e. The van der Waals surface area contributed by atoms with Crippen LogP contribution in [-0.4, -0.2) is 28.8 Å². The molecule has 0 unspecified atom stereocenters. The van der Waals surface area contributed by atoms with Gasteiger partial charge in [0.2, 0.25) is 5.13 Å². The molecule has 1 aliphatic carbocycles. The smallest absolute Gasteiger partial charge is 0.210 e. The number of ether oxygens (including phenoxy) is 1. The molecule has 0 aliphatic heterocycles. The Morgan fingerprint density at radius 2 is 1.80 bits per heavy atom. The molecular formula is C23H25N3O2S2. The number of aromatic nitrogens is 2. The summed E-state index contributed by atoms with van der Waals surface area (Å²) in [4.78, 5) is 12.6. The Bertz CT molecular complexity index is 965. The first-order valence-corrected chi connectivity index (χ1v) is 12.0. The lowest BCUT2D eigenvalue weighted by molar-refractivity contribution is 0.102. The van der Waals surface area contributed by atoms with Crippen molar-refractivity contribution in [3.63, 3.8) is 0 Å². The number of thioether (sulfide) groups is 1. The highest BCUT2D eigenvalue weighted by molar-refractivity contribution is 8.01. The van der Waals surface area contributed by atoms with E-state index < -0.39 is 0 Å². The normalized spacial score (nSPS) is 14.4. The van der Waals surface area contributed by atoms with Crippen LogP contribution < -0.4 is 10.1 Å². The molecule has 1 saturated carbocycles.